The van der Waals surface area contributed by atoms with E-state index in [1.807, 2.05) is 25.4 Å². The SMILES string of the molecule is CCCc1cc(-c2ccc(F)cn2)cc2c(CNCc3ccn(C)n3)ncnc12. The minimum atomic E-state index is -0.342. The molecule has 0 radical (unpaired) electrons. The van der Waals surface area contributed by atoms with Crippen molar-refractivity contribution in [2.24, 2.45) is 7.05 Å². The first-order valence-corrected chi connectivity index (χ1v) is 9.71. The van der Waals surface area contributed by atoms with Gasteiger partial charge >= 0.3 is 0 Å². The zero-order valence-electron chi connectivity index (χ0n) is 16.6. The van der Waals surface area contributed by atoms with Gasteiger partial charge in [-0.1, -0.05) is 13.3 Å². The van der Waals surface area contributed by atoms with Crippen LogP contribution in [0, 0.1) is 5.82 Å². The number of nitrogens with one attached hydrogen (secondary N) is 1. The van der Waals surface area contributed by atoms with Crippen LogP contribution in [0.4, 0.5) is 4.39 Å². The van der Waals surface area contributed by atoms with Crippen molar-refractivity contribution in [3.05, 3.63) is 71.8 Å². The fraction of sp³-hybridized carbons (Fsp3) is 0.273. The zero-order valence-corrected chi connectivity index (χ0v) is 16.6. The lowest BCUT2D eigenvalue weighted by molar-refractivity contribution is 0.622. The van der Waals surface area contributed by atoms with E-state index < -0.39 is 0 Å². The van der Waals surface area contributed by atoms with Gasteiger partial charge < -0.3 is 5.32 Å². The van der Waals surface area contributed by atoms with E-state index in [4.69, 9.17) is 0 Å². The normalized spacial score (nSPS) is 11.3. The molecule has 4 aromatic rings. The average Bonchev–Trinajstić information content (AvgIpc) is 3.14. The fourth-order valence-corrected chi connectivity index (χ4v) is 3.45. The summed E-state index contributed by atoms with van der Waals surface area (Å²) in [6.45, 7) is 3.40. The van der Waals surface area contributed by atoms with Crippen LogP contribution < -0.4 is 5.32 Å². The third-order valence-electron chi connectivity index (χ3n) is 4.81. The first kappa shape index (κ1) is 19.1. The molecule has 3 heterocycles. The maximum atomic E-state index is 13.3. The molecular formula is C22H23FN6. The Morgan fingerprint density at radius 1 is 1.07 bits per heavy atom. The van der Waals surface area contributed by atoms with Gasteiger partial charge in [0.05, 0.1) is 28.8 Å². The summed E-state index contributed by atoms with van der Waals surface area (Å²) in [7, 11) is 1.90. The summed E-state index contributed by atoms with van der Waals surface area (Å²) < 4.78 is 15.1. The molecule has 7 heteroatoms. The fourth-order valence-electron chi connectivity index (χ4n) is 3.45. The second-order valence-corrected chi connectivity index (χ2v) is 7.05. The van der Waals surface area contributed by atoms with E-state index in [-0.39, 0.29) is 5.82 Å². The average molecular weight is 390 g/mol. The molecule has 1 N–H and O–H groups in total. The topological polar surface area (TPSA) is 68.5 Å². The largest absolute Gasteiger partial charge is 0.305 e. The van der Waals surface area contributed by atoms with Crippen LogP contribution in [0.5, 0.6) is 0 Å². The van der Waals surface area contributed by atoms with E-state index in [1.165, 1.54) is 12.3 Å². The molecule has 1 aromatic carbocycles. The van der Waals surface area contributed by atoms with Gasteiger partial charge in [0.1, 0.15) is 12.1 Å². The smallest absolute Gasteiger partial charge is 0.141 e. The van der Waals surface area contributed by atoms with Gasteiger partial charge in [0.2, 0.25) is 0 Å². The molecule has 4 rings (SSSR count). The summed E-state index contributed by atoms with van der Waals surface area (Å²) in [6.07, 6.45) is 6.71. The molecule has 0 spiro atoms. The molecule has 148 valence electrons. The number of pyridine rings is 1. The van der Waals surface area contributed by atoms with Crippen LogP contribution in [0.1, 0.15) is 30.3 Å². The summed E-state index contributed by atoms with van der Waals surface area (Å²) in [6, 6.07) is 9.28. The third-order valence-corrected chi connectivity index (χ3v) is 4.81. The van der Waals surface area contributed by atoms with E-state index in [9.17, 15) is 4.39 Å². The molecule has 29 heavy (non-hydrogen) atoms. The van der Waals surface area contributed by atoms with Crippen LogP contribution in [0.3, 0.4) is 0 Å². The highest BCUT2D eigenvalue weighted by Gasteiger charge is 2.12. The molecule has 0 saturated heterocycles. The monoisotopic (exact) mass is 390 g/mol. The molecule has 0 aliphatic rings. The lowest BCUT2D eigenvalue weighted by atomic mass is 9.99. The van der Waals surface area contributed by atoms with Crippen molar-refractivity contribution in [1.29, 1.82) is 0 Å². The standard InChI is InChI=1S/C22H23FN6/c1-3-4-15-9-16(20-6-5-17(23)11-25-20)10-19-21(26-14-27-22(15)19)13-24-12-18-7-8-29(2)28-18/h5-11,14,24H,3-4,12-13H2,1-2H3. The van der Waals surface area contributed by atoms with Crippen LogP contribution in [0.15, 0.2) is 49.1 Å². The first-order chi connectivity index (χ1) is 14.1. The van der Waals surface area contributed by atoms with Gasteiger partial charge in [-0.2, -0.15) is 5.10 Å². The van der Waals surface area contributed by atoms with Gasteiger partial charge in [-0.15, -0.1) is 0 Å². The second-order valence-electron chi connectivity index (χ2n) is 7.05. The summed E-state index contributed by atoms with van der Waals surface area (Å²) >= 11 is 0. The number of hydrogen-bond donors (Lipinski definition) is 1. The van der Waals surface area contributed by atoms with Gasteiger partial charge in [-0.05, 0) is 42.3 Å². The van der Waals surface area contributed by atoms with Crippen LogP contribution in [-0.2, 0) is 26.6 Å². The highest BCUT2D eigenvalue weighted by Crippen LogP contribution is 2.28. The molecule has 0 aliphatic carbocycles. The number of halogens is 1. The molecule has 0 bridgehead atoms. The Hall–Kier alpha value is -3.19. The molecule has 0 aliphatic heterocycles. The summed E-state index contributed by atoms with van der Waals surface area (Å²) in [5.41, 5.74) is 5.70. The maximum Gasteiger partial charge on any atom is 0.141 e. The molecule has 0 atom stereocenters. The van der Waals surface area contributed by atoms with Crippen LogP contribution >= 0.6 is 0 Å². The Morgan fingerprint density at radius 2 is 1.97 bits per heavy atom. The van der Waals surface area contributed by atoms with Gasteiger partial charge in [0, 0.05) is 37.3 Å². The van der Waals surface area contributed by atoms with Crippen molar-refractivity contribution < 1.29 is 4.39 Å². The molecule has 6 nitrogen and oxygen atoms in total. The Balaban J connectivity index is 1.69. The van der Waals surface area contributed by atoms with Crippen molar-refractivity contribution in [2.75, 3.05) is 0 Å². The van der Waals surface area contributed by atoms with E-state index in [2.05, 4.69) is 38.4 Å². The summed E-state index contributed by atoms with van der Waals surface area (Å²) in [5.74, 6) is -0.342. The Bertz CT molecular complexity index is 1120. The van der Waals surface area contributed by atoms with Crippen LogP contribution in [0.25, 0.3) is 22.2 Å². The van der Waals surface area contributed by atoms with Crippen molar-refractivity contribution in [3.63, 3.8) is 0 Å². The Labute approximate surface area is 168 Å². The van der Waals surface area contributed by atoms with Gasteiger partial charge in [-0.3, -0.25) is 9.67 Å². The van der Waals surface area contributed by atoms with Gasteiger partial charge in [0.25, 0.3) is 0 Å². The maximum absolute atomic E-state index is 13.3. The van der Waals surface area contributed by atoms with Crippen molar-refractivity contribution in [2.45, 2.75) is 32.9 Å². The lowest BCUT2D eigenvalue weighted by Gasteiger charge is -2.12. The van der Waals surface area contributed by atoms with Gasteiger partial charge in [-0.25, -0.2) is 14.4 Å². The molecule has 3 aromatic heterocycles. The number of aryl methyl sites for hydroxylation is 2. The number of rotatable bonds is 7. The van der Waals surface area contributed by atoms with Gasteiger partial charge in [0.15, 0.2) is 0 Å². The number of benzene rings is 1. The third kappa shape index (κ3) is 4.30. The van der Waals surface area contributed by atoms with E-state index in [0.717, 1.165) is 52.0 Å². The lowest BCUT2D eigenvalue weighted by Crippen LogP contribution is -2.15. The molecule has 0 saturated carbocycles. The summed E-state index contributed by atoms with van der Waals surface area (Å²) in [4.78, 5) is 13.3. The second kappa shape index (κ2) is 8.45. The highest BCUT2D eigenvalue weighted by atomic mass is 19.1. The van der Waals surface area contributed by atoms with Crippen LogP contribution in [-0.4, -0.2) is 24.7 Å². The quantitative estimate of drug-likeness (QED) is 0.520. The number of nitrogens with zero attached hydrogens (tertiary/aromatic N) is 5. The predicted molar refractivity (Wildman–Crippen MR) is 110 cm³/mol. The van der Waals surface area contributed by atoms with Crippen molar-refractivity contribution in [3.8, 4) is 11.3 Å². The molecule has 0 amide bonds. The minimum absolute atomic E-state index is 0.342. The Morgan fingerprint density at radius 3 is 2.69 bits per heavy atom. The van der Waals surface area contributed by atoms with Crippen LogP contribution in [0.2, 0.25) is 0 Å². The van der Waals surface area contributed by atoms with E-state index in [1.54, 1.807) is 17.1 Å². The highest BCUT2D eigenvalue weighted by molar-refractivity contribution is 5.88. The van der Waals surface area contributed by atoms with Crippen molar-refractivity contribution in [1.82, 2.24) is 30.0 Å². The number of fused-ring (bicyclic) bond motifs is 1. The minimum Gasteiger partial charge on any atom is -0.305 e. The Kier molecular flexibility index (Phi) is 5.57. The van der Waals surface area contributed by atoms with E-state index >= 15 is 0 Å². The molecular weight excluding hydrogens is 367 g/mol. The number of hydrogen-bond acceptors (Lipinski definition) is 5. The molecule has 0 fully saturated rings. The first-order valence-electron chi connectivity index (χ1n) is 9.71. The molecule has 0 unspecified atom stereocenters. The van der Waals surface area contributed by atoms with Crippen molar-refractivity contribution >= 4 is 10.9 Å². The predicted octanol–water partition coefficient (Wildman–Crippen LogP) is 3.81. The zero-order chi connectivity index (χ0) is 20.2. The van der Waals surface area contributed by atoms with E-state index in [0.29, 0.717) is 13.1 Å². The summed E-state index contributed by atoms with van der Waals surface area (Å²) in [5, 5.41) is 8.79. The number of aromatic nitrogens is 5.